The predicted octanol–water partition coefficient (Wildman–Crippen LogP) is 2.36. The lowest BCUT2D eigenvalue weighted by Crippen LogP contribution is -2.32. The van der Waals surface area contributed by atoms with Gasteiger partial charge in [0.05, 0.1) is 16.7 Å². The Kier molecular flexibility index (Phi) is 6.62. The van der Waals surface area contributed by atoms with Crippen LogP contribution in [0.3, 0.4) is 0 Å². The van der Waals surface area contributed by atoms with Crippen LogP contribution in [0, 0.1) is 0 Å². The van der Waals surface area contributed by atoms with Gasteiger partial charge in [-0.15, -0.1) is 0 Å². The molecule has 1 atom stereocenters. The first-order valence-electron chi connectivity index (χ1n) is 8.76. The molecule has 1 heterocycles. The van der Waals surface area contributed by atoms with E-state index in [1.807, 2.05) is 48.5 Å². The number of nitrogens with two attached hydrogens (primary N) is 1. The second-order valence-electron chi connectivity index (χ2n) is 6.15. The van der Waals surface area contributed by atoms with E-state index in [2.05, 4.69) is 15.3 Å². The second-order valence-corrected chi connectivity index (χ2v) is 7.26. The number of carbonyl (C=O) groups excluding carboxylic acids is 1. The van der Waals surface area contributed by atoms with Gasteiger partial charge in [0.25, 0.3) is 5.56 Å². The van der Waals surface area contributed by atoms with E-state index < -0.39 is 0 Å². The summed E-state index contributed by atoms with van der Waals surface area (Å²) in [4.78, 5) is 31.2. The highest BCUT2D eigenvalue weighted by molar-refractivity contribution is 7.98. The lowest BCUT2D eigenvalue weighted by Gasteiger charge is -2.13. The number of aromatic amines is 1. The highest BCUT2D eigenvalue weighted by Crippen LogP contribution is 2.12. The number of nitrogens with one attached hydrogen (secondary N) is 2. The standard InChI is InChI=1S/C20H22N4O2S/c21-16(14-6-2-1-3-7-14)12-22-19(25)10-11-27-13-18-23-17-9-5-4-8-15(17)20(26)24-18/h1-9,16H,10-13,21H2,(H,22,25)(H,23,24,26). The third-order valence-corrected chi connectivity index (χ3v) is 5.09. The Hall–Kier alpha value is -2.64. The molecule has 0 fully saturated rings. The van der Waals surface area contributed by atoms with Gasteiger partial charge in [0.15, 0.2) is 0 Å². The highest BCUT2D eigenvalue weighted by Gasteiger charge is 2.08. The molecule has 3 rings (SSSR count). The van der Waals surface area contributed by atoms with Crippen molar-refractivity contribution in [1.29, 1.82) is 0 Å². The summed E-state index contributed by atoms with van der Waals surface area (Å²) in [5, 5.41) is 3.45. The summed E-state index contributed by atoms with van der Waals surface area (Å²) in [5.74, 6) is 1.78. The van der Waals surface area contributed by atoms with Gasteiger partial charge in [-0.05, 0) is 17.7 Å². The van der Waals surface area contributed by atoms with Crippen LogP contribution in [0.15, 0.2) is 59.4 Å². The Bertz CT molecular complexity index is 959. The molecule has 0 saturated carbocycles. The summed E-state index contributed by atoms with van der Waals surface area (Å²) < 4.78 is 0. The summed E-state index contributed by atoms with van der Waals surface area (Å²) >= 11 is 1.56. The third-order valence-electron chi connectivity index (χ3n) is 4.12. The SMILES string of the molecule is NC(CNC(=O)CCSCc1nc2ccccc2c(=O)[nH]1)c1ccccc1. The summed E-state index contributed by atoms with van der Waals surface area (Å²) in [6, 6.07) is 16.7. The van der Waals surface area contributed by atoms with E-state index >= 15 is 0 Å². The first kappa shape index (κ1) is 19.1. The summed E-state index contributed by atoms with van der Waals surface area (Å²) in [6.07, 6.45) is 0.393. The Morgan fingerprint density at radius 2 is 1.89 bits per heavy atom. The molecule has 6 nitrogen and oxygen atoms in total. The van der Waals surface area contributed by atoms with Crippen molar-refractivity contribution >= 4 is 28.6 Å². The number of amides is 1. The van der Waals surface area contributed by atoms with Gasteiger partial charge in [-0.25, -0.2) is 4.98 Å². The molecule has 0 saturated heterocycles. The van der Waals surface area contributed by atoms with Crippen LogP contribution in [0.25, 0.3) is 10.9 Å². The van der Waals surface area contributed by atoms with Crippen LogP contribution < -0.4 is 16.6 Å². The summed E-state index contributed by atoms with van der Waals surface area (Å²) in [5.41, 5.74) is 7.62. The van der Waals surface area contributed by atoms with Gasteiger partial charge >= 0.3 is 0 Å². The Labute approximate surface area is 161 Å². The number of aromatic nitrogens is 2. The molecule has 2 aromatic carbocycles. The average Bonchev–Trinajstić information content (AvgIpc) is 2.70. The van der Waals surface area contributed by atoms with Crippen LogP contribution in [-0.4, -0.2) is 28.2 Å². The molecule has 27 heavy (non-hydrogen) atoms. The average molecular weight is 382 g/mol. The van der Waals surface area contributed by atoms with Crippen molar-refractivity contribution in [3.8, 4) is 0 Å². The monoisotopic (exact) mass is 382 g/mol. The quantitative estimate of drug-likeness (QED) is 0.519. The molecule has 3 aromatic rings. The van der Waals surface area contributed by atoms with Gasteiger partial charge in [-0.1, -0.05) is 42.5 Å². The van der Waals surface area contributed by atoms with Crippen LogP contribution in [0.5, 0.6) is 0 Å². The highest BCUT2D eigenvalue weighted by atomic mass is 32.2. The Morgan fingerprint density at radius 1 is 1.15 bits per heavy atom. The maximum atomic E-state index is 12.0. The fourth-order valence-electron chi connectivity index (χ4n) is 2.67. The summed E-state index contributed by atoms with van der Waals surface area (Å²) in [6.45, 7) is 0.410. The molecular formula is C20H22N4O2S. The van der Waals surface area contributed by atoms with Crippen LogP contribution in [0.2, 0.25) is 0 Å². The number of hydrogen-bond donors (Lipinski definition) is 3. The predicted molar refractivity (Wildman–Crippen MR) is 110 cm³/mol. The number of hydrogen-bond acceptors (Lipinski definition) is 5. The van der Waals surface area contributed by atoms with E-state index in [1.54, 1.807) is 17.8 Å². The lowest BCUT2D eigenvalue weighted by atomic mass is 10.1. The first-order valence-corrected chi connectivity index (χ1v) is 9.92. The van der Waals surface area contributed by atoms with E-state index in [4.69, 9.17) is 5.73 Å². The van der Waals surface area contributed by atoms with Gasteiger partial charge in [0.2, 0.25) is 5.91 Å². The van der Waals surface area contributed by atoms with Crippen molar-refractivity contribution in [2.45, 2.75) is 18.2 Å². The molecule has 0 bridgehead atoms. The smallest absolute Gasteiger partial charge is 0.258 e. The minimum atomic E-state index is -0.213. The van der Waals surface area contributed by atoms with Gasteiger partial charge < -0.3 is 16.0 Å². The number of benzene rings is 2. The first-order chi connectivity index (χ1) is 13.1. The van der Waals surface area contributed by atoms with Gasteiger partial charge in [-0.3, -0.25) is 9.59 Å². The molecule has 4 N–H and O–H groups in total. The number of rotatable bonds is 8. The fourth-order valence-corrected chi connectivity index (χ4v) is 3.47. The van der Waals surface area contributed by atoms with Crippen molar-refractivity contribution in [3.63, 3.8) is 0 Å². The molecule has 1 aromatic heterocycles. The molecule has 0 aliphatic carbocycles. The van der Waals surface area contributed by atoms with E-state index in [9.17, 15) is 9.59 Å². The van der Waals surface area contributed by atoms with Crippen LogP contribution in [0.4, 0.5) is 0 Å². The number of nitrogens with zero attached hydrogens (tertiary/aromatic N) is 1. The van der Waals surface area contributed by atoms with Crippen LogP contribution in [-0.2, 0) is 10.5 Å². The number of thioether (sulfide) groups is 1. The number of H-pyrrole nitrogens is 1. The van der Waals surface area contributed by atoms with Crippen molar-refractivity contribution in [2.24, 2.45) is 5.73 Å². The Balaban J connectivity index is 1.41. The summed E-state index contributed by atoms with van der Waals surface area (Å²) in [7, 11) is 0. The zero-order valence-corrected chi connectivity index (χ0v) is 15.7. The molecule has 0 aliphatic heterocycles. The van der Waals surface area contributed by atoms with Crippen molar-refractivity contribution in [3.05, 3.63) is 76.3 Å². The largest absolute Gasteiger partial charge is 0.354 e. The second kappa shape index (κ2) is 9.34. The molecule has 1 amide bonds. The van der Waals surface area contributed by atoms with Gasteiger partial charge in [-0.2, -0.15) is 11.8 Å². The number of carbonyl (C=O) groups is 1. The molecule has 0 aliphatic rings. The Morgan fingerprint density at radius 3 is 2.70 bits per heavy atom. The number of fused-ring (bicyclic) bond motifs is 1. The topological polar surface area (TPSA) is 101 Å². The minimum Gasteiger partial charge on any atom is -0.354 e. The maximum Gasteiger partial charge on any atom is 0.258 e. The lowest BCUT2D eigenvalue weighted by molar-refractivity contribution is -0.120. The molecule has 0 spiro atoms. The van der Waals surface area contributed by atoms with Gasteiger partial charge in [0, 0.05) is 24.8 Å². The van der Waals surface area contributed by atoms with Crippen molar-refractivity contribution in [1.82, 2.24) is 15.3 Å². The third kappa shape index (κ3) is 5.42. The van der Waals surface area contributed by atoms with E-state index in [0.717, 1.165) is 5.56 Å². The van der Waals surface area contributed by atoms with E-state index in [1.165, 1.54) is 0 Å². The van der Waals surface area contributed by atoms with E-state index in [0.29, 0.717) is 41.2 Å². The molecule has 7 heteroatoms. The van der Waals surface area contributed by atoms with E-state index in [-0.39, 0.29) is 17.5 Å². The minimum absolute atomic E-state index is 0.0335. The maximum absolute atomic E-state index is 12.0. The zero-order chi connectivity index (χ0) is 19.1. The van der Waals surface area contributed by atoms with Crippen molar-refractivity contribution < 1.29 is 4.79 Å². The zero-order valence-electron chi connectivity index (χ0n) is 14.9. The fraction of sp³-hybridized carbons (Fsp3) is 0.250. The molecule has 1 unspecified atom stereocenters. The van der Waals surface area contributed by atoms with Gasteiger partial charge in [0.1, 0.15) is 5.82 Å². The number of para-hydroxylation sites is 1. The molecular weight excluding hydrogens is 360 g/mol. The van der Waals surface area contributed by atoms with Crippen molar-refractivity contribution in [2.75, 3.05) is 12.3 Å². The normalized spacial score (nSPS) is 12.0. The van der Waals surface area contributed by atoms with Crippen LogP contribution >= 0.6 is 11.8 Å². The van der Waals surface area contributed by atoms with Crippen LogP contribution in [0.1, 0.15) is 23.9 Å². The molecule has 140 valence electrons. The molecule has 0 radical (unpaired) electrons.